The van der Waals surface area contributed by atoms with Crippen LogP contribution in [0.4, 0.5) is 0 Å². The van der Waals surface area contributed by atoms with Crippen LogP contribution in [0.25, 0.3) is 0 Å². The van der Waals surface area contributed by atoms with Crippen molar-refractivity contribution in [3.05, 3.63) is 12.2 Å². The minimum atomic E-state index is -0.668. The average Bonchev–Trinajstić information content (AvgIpc) is 3.27. The molecule has 0 rings (SSSR count). The van der Waals surface area contributed by atoms with Gasteiger partial charge in [-0.25, -0.2) is 0 Å². The van der Waals surface area contributed by atoms with Crippen LogP contribution in [-0.4, -0.2) is 47.4 Å². The van der Waals surface area contributed by atoms with E-state index in [0.717, 1.165) is 44.9 Å². The molecule has 0 fully saturated rings. The van der Waals surface area contributed by atoms with Crippen molar-refractivity contribution in [3.8, 4) is 0 Å². The zero-order valence-corrected chi connectivity index (χ0v) is 41.9. The van der Waals surface area contributed by atoms with Gasteiger partial charge in [0, 0.05) is 12.8 Å². The fourth-order valence-corrected chi connectivity index (χ4v) is 8.75. The molecule has 1 amide bonds. The summed E-state index contributed by atoms with van der Waals surface area (Å²) in [5.41, 5.74) is 0. The molecule has 0 aliphatic heterocycles. The maximum absolute atomic E-state index is 12.4. The Morgan fingerprint density at radius 2 is 0.758 bits per heavy atom. The number of unbranched alkanes of at least 4 members (excludes halogenated alkanes) is 39. The van der Waals surface area contributed by atoms with Crippen molar-refractivity contribution in [2.75, 3.05) is 13.2 Å². The molecule has 0 aromatic heterocycles. The highest BCUT2D eigenvalue weighted by Gasteiger charge is 2.20. The monoisotopic (exact) mass is 876 g/mol. The van der Waals surface area contributed by atoms with Crippen LogP contribution in [0.5, 0.6) is 0 Å². The van der Waals surface area contributed by atoms with Gasteiger partial charge in [0.25, 0.3) is 0 Å². The number of hydrogen-bond donors (Lipinski definition) is 3. The van der Waals surface area contributed by atoms with Crippen molar-refractivity contribution in [2.24, 2.45) is 0 Å². The number of rotatable bonds is 52. The standard InChI is InChI=1S/C56H109NO5/c1-3-5-7-9-11-13-15-17-18-19-22-26-30-34-38-42-46-50-56(61)62-51-47-43-39-35-31-27-23-20-21-25-29-33-37-41-45-49-55(60)57-53(52-58)54(59)48-44-40-36-32-28-24-16-14-12-10-8-6-4-2/h17-18,53-54,58-59H,3-16,19-52H2,1-2H3,(H,57,60)/b18-17-. The number of carbonyl (C=O) groups excluding carboxylic acids is 2. The van der Waals surface area contributed by atoms with Gasteiger partial charge in [-0.15, -0.1) is 0 Å². The van der Waals surface area contributed by atoms with E-state index in [9.17, 15) is 19.8 Å². The first kappa shape index (κ1) is 60.6. The number of esters is 1. The normalized spacial score (nSPS) is 12.6. The largest absolute Gasteiger partial charge is 0.466 e. The average molecular weight is 876 g/mol. The molecule has 0 saturated heterocycles. The lowest BCUT2D eigenvalue weighted by molar-refractivity contribution is -0.143. The molecule has 6 heteroatoms. The first-order valence-electron chi connectivity index (χ1n) is 27.9. The minimum absolute atomic E-state index is 0.00220. The Bertz CT molecular complexity index is 924. The Morgan fingerprint density at radius 1 is 0.435 bits per heavy atom. The molecule has 0 spiro atoms. The van der Waals surface area contributed by atoms with Gasteiger partial charge in [0.2, 0.25) is 5.91 Å². The maximum Gasteiger partial charge on any atom is 0.305 e. The Labute approximate surface area is 387 Å². The number of hydrogen-bond acceptors (Lipinski definition) is 5. The summed E-state index contributed by atoms with van der Waals surface area (Å²) >= 11 is 0. The van der Waals surface area contributed by atoms with Crippen molar-refractivity contribution in [1.29, 1.82) is 0 Å². The molecule has 0 heterocycles. The van der Waals surface area contributed by atoms with Crippen molar-refractivity contribution >= 4 is 11.9 Å². The topological polar surface area (TPSA) is 95.9 Å². The Balaban J connectivity index is 3.41. The molecule has 6 nitrogen and oxygen atoms in total. The lowest BCUT2D eigenvalue weighted by Gasteiger charge is -2.22. The van der Waals surface area contributed by atoms with E-state index in [2.05, 4.69) is 31.3 Å². The summed E-state index contributed by atoms with van der Waals surface area (Å²) in [5, 5.41) is 23.2. The van der Waals surface area contributed by atoms with Gasteiger partial charge in [-0.2, -0.15) is 0 Å². The lowest BCUT2D eigenvalue weighted by Crippen LogP contribution is -2.45. The summed E-state index contributed by atoms with van der Waals surface area (Å²) in [6, 6.07) is -0.546. The molecule has 62 heavy (non-hydrogen) atoms. The molecule has 0 aliphatic rings. The van der Waals surface area contributed by atoms with E-state index in [1.54, 1.807) is 0 Å². The number of amides is 1. The smallest absolute Gasteiger partial charge is 0.305 e. The predicted molar refractivity (Wildman–Crippen MR) is 269 cm³/mol. The van der Waals surface area contributed by atoms with Gasteiger partial charge >= 0.3 is 5.97 Å². The van der Waals surface area contributed by atoms with Gasteiger partial charge in [-0.1, -0.05) is 257 Å². The first-order chi connectivity index (χ1) is 30.5. The van der Waals surface area contributed by atoms with E-state index in [4.69, 9.17) is 4.74 Å². The number of allylic oxidation sites excluding steroid dienone is 2. The van der Waals surface area contributed by atoms with Crippen LogP contribution < -0.4 is 5.32 Å². The third-order valence-electron chi connectivity index (χ3n) is 13.1. The number of aliphatic hydroxyl groups excluding tert-OH is 2. The Hall–Kier alpha value is -1.40. The molecular weight excluding hydrogens is 767 g/mol. The fourth-order valence-electron chi connectivity index (χ4n) is 8.75. The fraction of sp³-hybridized carbons (Fsp3) is 0.929. The molecule has 0 saturated carbocycles. The highest BCUT2D eigenvalue weighted by Crippen LogP contribution is 2.17. The second-order valence-corrected chi connectivity index (χ2v) is 19.3. The van der Waals surface area contributed by atoms with Crippen molar-refractivity contribution < 1.29 is 24.5 Å². The summed E-state index contributed by atoms with van der Waals surface area (Å²) in [6.45, 7) is 4.94. The van der Waals surface area contributed by atoms with Gasteiger partial charge in [0.05, 0.1) is 25.4 Å². The molecule has 0 radical (unpaired) electrons. The van der Waals surface area contributed by atoms with E-state index in [0.29, 0.717) is 25.9 Å². The summed E-state index contributed by atoms with van der Waals surface area (Å²) in [7, 11) is 0. The number of ether oxygens (including phenoxy) is 1. The van der Waals surface area contributed by atoms with Crippen LogP contribution >= 0.6 is 0 Å². The predicted octanol–water partition coefficient (Wildman–Crippen LogP) is 16.9. The summed E-state index contributed by atoms with van der Waals surface area (Å²) in [4.78, 5) is 24.5. The summed E-state index contributed by atoms with van der Waals surface area (Å²) < 4.78 is 5.48. The van der Waals surface area contributed by atoms with E-state index >= 15 is 0 Å². The van der Waals surface area contributed by atoms with Crippen LogP contribution in [0.1, 0.15) is 309 Å². The number of nitrogens with one attached hydrogen (secondary N) is 1. The van der Waals surface area contributed by atoms with Crippen LogP contribution in [0.15, 0.2) is 12.2 Å². The summed E-state index contributed by atoms with van der Waals surface area (Å²) in [5.74, 6) is -0.0448. The van der Waals surface area contributed by atoms with Crippen LogP contribution in [0, 0.1) is 0 Å². The molecule has 3 N–H and O–H groups in total. The highest BCUT2D eigenvalue weighted by molar-refractivity contribution is 5.76. The van der Waals surface area contributed by atoms with Crippen molar-refractivity contribution in [3.63, 3.8) is 0 Å². The molecule has 2 atom stereocenters. The first-order valence-corrected chi connectivity index (χ1v) is 27.9. The van der Waals surface area contributed by atoms with Crippen molar-refractivity contribution in [1.82, 2.24) is 5.32 Å². The molecule has 368 valence electrons. The van der Waals surface area contributed by atoms with Gasteiger partial charge in [-0.3, -0.25) is 9.59 Å². The van der Waals surface area contributed by atoms with Gasteiger partial charge in [0.1, 0.15) is 0 Å². The minimum Gasteiger partial charge on any atom is -0.466 e. The van der Waals surface area contributed by atoms with Crippen LogP contribution in [-0.2, 0) is 14.3 Å². The van der Waals surface area contributed by atoms with E-state index in [1.165, 1.54) is 231 Å². The second-order valence-electron chi connectivity index (χ2n) is 19.3. The third-order valence-corrected chi connectivity index (χ3v) is 13.1. The molecule has 0 aromatic rings. The molecule has 0 bridgehead atoms. The quantitative estimate of drug-likeness (QED) is 0.0321. The molecule has 0 aromatic carbocycles. The SMILES string of the molecule is CCCCCCCC/C=C\CCCCCCCCCC(=O)OCCCCCCCCCCCCCCCCCC(=O)NC(CO)C(O)CCCCCCCCCCCCCCC. The molecule has 0 aliphatic carbocycles. The van der Waals surface area contributed by atoms with Crippen LogP contribution in [0.3, 0.4) is 0 Å². The van der Waals surface area contributed by atoms with Gasteiger partial charge in [0.15, 0.2) is 0 Å². The molecule has 2 unspecified atom stereocenters. The van der Waals surface area contributed by atoms with Crippen LogP contribution in [0.2, 0.25) is 0 Å². The maximum atomic E-state index is 12.4. The number of carbonyl (C=O) groups is 2. The highest BCUT2D eigenvalue weighted by atomic mass is 16.5. The second kappa shape index (κ2) is 52.2. The zero-order chi connectivity index (χ0) is 45.1. The summed E-state index contributed by atoms with van der Waals surface area (Å²) in [6.07, 6.45) is 60.5. The van der Waals surface area contributed by atoms with E-state index in [-0.39, 0.29) is 18.5 Å². The van der Waals surface area contributed by atoms with Gasteiger partial charge in [-0.05, 0) is 51.4 Å². The molecular formula is C56H109NO5. The lowest BCUT2D eigenvalue weighted by atomic mass is 10.0. The Morgan fingerprint density at radius 3 is 1.15 bits per heavy atom. The number of aliphatic hydroxyl groups is 2. The van der Waals surface area contributed by atoms with Gasteiger partial charge < -0.3 is 20.3 Å². The van der Waals surface area contributed by atoms with E-state index < -0.39 is 12.1 Å². The Kier molecular flexibility index (Phi) is 51.0. The van der Waals surface area contributed by atoms with E-state index in [1.807, 2.05) is 0 Å². The van der Waals surface area contributed by atoms with Crippen molar-refractivity contribution in [2.45, 2.75) is 321 Å². The zero-order valence-electron chi connectivity index (χ0n) is 41.9. The third kappa shape index (κ3) is 48.1.